The van der Waals surface area contributed by atoms with Crippen LogP contribution in [0.2, 0.25) is 0 Å². The first-order valence-electron chi connectivity index (χ1n) is 8.99. The van der Waals surface area contributed by atoms with E-state index in [0.29, 0.717) is 32.5 Å². The molecule has 6 heteroatoms. The number of phenols is 1. The van der Waals surface area contributed by atoms with Crippen molar-refractivity contribution in [2.24, 2.45) is 5.92 Å². The number of ether oxygens (including phenoxy) is 1. The summed E-state index contributed by atoms with van der Waals surface area (Å²) in [5, 5.41) is 12.3. The van der Waals surface area contributed by atoms with E-state index in [1.54, 1.807) is 24.0 Å². The van der Waals surface area contributed by atoms with Gasteiger partial charge in [0, 0.05) is 19.1 Å². The summed E-state index contributed by atoms with van der Waals surface area (Å²) in [4.78, 5) is 25.8. The molecule has 2 N–H and O–H groups in total. The Bertz CT molecular complexity index is 565. The van der Waals surface area contributed by atoms with Crippen LogP contribution in [0.1, 0.15) is 38.7 Å². The number of hydrogen-bond donors (Lipinski definition) is 2. The van der Waals surface area contributed by atoms with Crippen LogP contribution in [0, 0.1) is 5.92 Å². The second kappa shape index (κ2) is 9.30. The normalized spacial score (nSPS) is 16.3. The Morgan fingerprint density at radius 3 is 2.52 bits per heavy atom. The molecule has 2 rings (SSSR count). The van der Waals surface area contributed by atoms with E-state index in [4.69, 9.17) is 4.74 Å². The molecule has 1 aromatic carbocycles. The molecule has 1 aliphatic heterocycles. The average molecular weight is 348 g/mol. The first kappa shape index (κ1) is 19.1. The molecule has 1 aromatic rings. The lowest BCUT2D eigenvalue weighted by atomic mass is 9.97. The number of hydrogen-bond acceptors (Lipinski definition) is 4. The molecule has 0 radical (unpaired) electrons. The maximum Gasteiger partial charge on any atom is 0.317 e. The molecule has 1 heterocycles. The molecule has 138 valence electrons. The third-order valence-electron chi connectivity index (χ3n) is 4.57. The van der Waals surface area contributed by atoms with Crippen molar-refractivity contribution >= 4 is 12.0 Å². The van der Waals surface area contributed by atoms with Crippen LogP contribution in [0.3, 0.4) is 0 Å². The number of carbonyl (C=O) groups excluding carboxylic acids is 2. The van der Waals surface area contributed by atoms with Crippen LogP contribution in [0.4, 0.5) is 4.79 Å². The van der Waals surface area contributed by atoms with Crippen LogP contribution in [0.15, 0.2) is 24.3 Å². The van der Waals surface area contributed by atoms with Gasteiger partial charge in [-0.2, -0.15) is 0 Å². The van der Waals surface area contributed by atoms with Crippen molar-refractivity contribution in [3.8, 4) is 5.75 Å². The van der Waals surface area contributed by atoms with E-state index in [9.17, 15) is 14.7 Å². The van der Waals surface area contributed by atoms with E-state index in [1.165, 1.54) is 0 Å². The van der Waals surface area contributed by atoms with Crippen LogP contribution in [0.5, 0.6) is 5.75 Å². The Morgan fingerprint density at radius 1 is 1.28 bits per heavy atom. The summed E-state index contributed by atoms with van der Waals surface area (Å²) in [7, 11) is 0. The predicted molar refractivity (Wildman–Crippen MR) is 95.4 cm³/mol. The van der Waals surface area contributed by atoms with E-state index < -0.39 is 0 Å². The number of carbonyl (C=O) groups is 2. The number of piperidine rings is 1. The topological polar surface area (TPSA) is 78.9 Å². The van der Waals surface area contributed by atoms with Crippen molar-refractivity contribution in [2.75, 3.05) is 19.7 Å². The number of urea groups is 1. The summed E-state index contributed by atoms with van der Waals surface area (Å²) < 4.78 is 5.05. The van der Waals surface area contributed by atoms with Gasteiger partial charge in [-0.25, -0.2) is 4.79 Å². The van der Waals surface area contributed by atoms with Gasteiger partial charge in [0.15, 0.2) is 0 Å². The highest BCUT2D eigenvalue weighted by atomic mass is 16.5. The fourth-order valence-corrected chi connectivity index (χ4v) is 3.00. The van der Waals surface area contributed by atoms with Gasteiger partial charge in [-0.3, -0.25) is 4.79 Å². The molecule has 0 bridgehead atoms. The first-order valence-corrected chi connectivity index (χ1v) is 8.99. The van der Waals surface area contributed by atoms with E-state index in [-0.39, 0.29) is 29.7 Å². The molecule has 0 aromatic heterocycles. The predicted octanol–water partition coefficient (Wildman–Crippen LogP) is 2.70. The van der Waals surface area contributed by atoms with Gasteiger partial charge in [0.1, 0.15) is 5.75 Å². The molecule has 0 spiro atoms. The number of nitrogens with zero attached hydrogens (tertiary/aromatic N) is 1. The SMILES string of the molecule is CCOC(=O)C1CCN(C(=O)NC(C)CCc2ccc(O)cc2)CC1. The fourth-order valence-electron chi connectivity index (χ4n) is 3.00. The number of esters is 1. The molecule has 2 amide bonds. The van der Waals surface area contributed by atoms with E-state index in [1.807, 2.05) is 19.1 Å². The van der Waals surface area contributed by atoms with Gasteiger partial charge < -0.3 is 20.1 Å². The Hall–Kier alpha value is -2.24. The number of benzene rings is 1. The zero-order chi connectivity index (χ0) is 18.2. The summed E-state index contributed by atoms with van der Waals surface area (Å²) in [6, 6.07) is 7.12. The Morgan fingerprint density at radius 2 is 1.92 bits per heavy atom. The van der Waals surface area contributed by atoms with Crippen LogP contribution in [-0.4, -0.2) is 47.7 Å². The number of nitrogens with one attached hydrogen (secondary N) is 1. The molecule has 1 aliphatic rings. The molecule has 0 saturated carbocycles. The monoisotopic (exact) mass is 348 g/mol. The Balaban J connectivity index is 1.71. The van der Waals surface area contributed by atoms with Gasteiger partial charge in [0.05, 0.1) is 12.5 Å². The maximum absolute atomic E-state index is 12.3. The molecule has 1 saturated heterocycles. The molecule has 1 unspecified atom stereocenters. The minimum absolute atomic E-state index is 0.0593. The molecule has 6 nitrogen and oxygen atoms in total. The van der Waals surface area contributed by atoms with Crippen molar-refractivity contribution < 1.29 is 19.4 Å². The van der Waals surface area contributed by atoms with E-state index in [0.717, 1.165) is 18.4 Å². The van der Waals surface area contributed by atoms with Gasteiger partial charge in [0.25, 0.3) is 0 Å². The quantitative estimate of drug-likeness (QED) is 0.775. The fraction of sp³-hybridized carbons (Fsp3) is 0.579. The van der Waals surface area contributed by atoms with Gasteiger partial charge in [-0.1, -0.05) is 12.1 Å². The number of aryl methyl sites for hydroxylation is 1. The summed E-state index contributed by atoms with van der Waals surface area (Å²) in [6.45, 7) is 5.36. The van der Waals surface area contributed by atoms with Crippen molar-refractivity contribution in [1.29, 1.82) is 0 Å². The van der Waals surface area contributed by atoms with Crippen LogP contribution >= 0.6 is 0 Å². The van der Waals surface area contributed by atoms with E-state index in [2.05, 4.69) is 5.32 Å². The first-order chi connectivity index (χ1) is 12.0. The Labute approximate surface area is 149 Å². The zero-order valence-corrected chi connectivity index (χ0v) is 15.0. The highest BCUT2D eigenvalue weighted by molar-refractivity contribution is 5.76. The molecule has 1 atom stereocenters. The summed E-state index contributed by atoms with van der Waals surface area (Å²) >= 11 is 0. The van der Waals surface area contributed by atoms with Crippen molar-refractivity contribution in [2.45, 2.75) is 45.6 Å². The third kappa shape index (κ3) is 5.96. The molecular formula is C19H28N2O4. The second-order valence-corrected chi connectivity index (χ2v) is 6.57. The summed E-state index contributed by atoms with van der Waals surface area (Å²) in [5.74, 6) is 0.0251. The number of aromatic hydroxyl groups is 1. The lowest BCUT2D eigenvalue weighted by molar-refractivity contribution is -0.149. The summed E-state index contributed by atoms with van der Waals surface area (Å²) in [6.07, 6.45) is 2.99. The van der Waals surface area contributed by atoms with Crippen LogP contribution in [-0.2, 0) is 16.0 Å². The van der Waals surface area contributed by atoms with Gasteiger partial charge in [-0.15, -0.1) is 0 Å². The number of likely N-dealkylation sites (tertiary alicyclic amines) is 1. The minimum atomic E-state index is -0.148. The van der Waals surface area contributed by atoms with Gasteiger partial charge >= 0.3 is 12.0 Å². The van der Waals surface area contributed by atoms with Crippen molar-refractivity contribution in [1.82, 2.24) is 10.2 Å². The van der Waals surface area contributed by atoms with Crippen molar-refractivity contribution in [3.05, 3.63) is 29.8 Å². The largest absolute Gasteiger partial charge is 0.508 e. The zero-order valence-electron chi connectivity index (χ0n) is 15.0. The molecule has 25 heavy (non-hydrogen) atoms. The smallest absolute Gasteiger partial charge is 0.317 e. The highest BCUT2D eigenvalue weighted by Gasteiger charge is 2.28. The minimum Gasteiger partial charge on any atom is -0.508 e. The number of amides is 2. The molecule has 0 aliphatic carbocycles. The second-order valence-electron chi connectivity index (χ2n) is 6.57. The van der Waals surface area contributed by atoms with Crippen molar-refractivity contribution in [3.63, 3.8) is 0 Å². The maximum atomic E-state index is 12.3. The Kier molecular flexibility index (Phi) is 7.10. The highest BCUT2D eigenvalue weighted by Crippen LogP contribution is 2.19. The third-order valence-corrected chi connectivity index (χ3v) is 4.57. The van der Waals surface area contributed by atoms with Gasteiger partial charge in [0.2, 0.25) is 0 Å². The average Bonchev–Trinajstić information content (AvgIpc) is 2.61. The standard InChI is InChI=1S/C19H28N2O4/c1-3-25-18(23)16-10-12-21(13-11-16)19(24)20-14(2)4-5-15-6-8-17(22)9-7-15/h6-9,14,16,22H,3-5,10-13H2,1-2H3,(H,20,24). The molecular weight excluding hydrogens is 320 g/mol. The lowest BCUT2D eigenvalue weighted by Crippen LogP contribution is -2.48. The number of rotatable bonds is 6. The van der Waals surface area contributed by atoms with Crippen LogP contribution < -0.4 is 5.32 Å². The molecule has 1 fully saturated rings. The van der Waals surface area contributed by atoms with E-state index >= 15 is 0 Å². The van der Waals surface area contributed by atoms with Gasteiger partial charge in [-0.05, 0) is 57.2 Å². The lowest BCUT2D eigenvalue weighted by Gasteiger charge is -2.31. The van der Waals surface area contributed by atoms with Crippen LogP contribution in [0.25, 0.3) is 0 Å². The summed E-state index contributed by atoms with van der Waals surface area (Å²) in [5.41, 5.74) is 1.13. The number of phenolic OH excluding ortho intramolecular Hbond substituents is 1.